The first-order valence-corrected chi connectivity index (χ1v) is 11.1. The van der Waals surface area contributed by atoms with Crippen LogP contribution in [0.2, 0.25) is 0 Å². The molecule has 0 amide bonds. The predicted molar refractivity (Wildman–Crippen MR) is 111 cm³/mol. The Hall–Kier alpha value is -1.62. The zero-order valence-corrected chi connectivity index (χ0v) is 18.4. The molecule has 3 aliphatic rings. The van der Waals surface area contributed by atoms with Crippen molar-refractivity contribution in [2.24, 2.45) is 29.1 Å². The molecular weight excluding hydrogens is 368 g/mol. The van der Waals surface area contributed by atoms with Crippen LogP contribution in [0.25, 0.3) is 0 Å². The molecule has 5 heteroatoms. The van der Waals surface area contributed by atoms with E-state index in [2.05, 4.69) is 32.1 Å². The Bertz CT molecular complexity index is 691. The number of fused-ring (bicyclic) bond motifs is 1. The van der Waals surface area contributed by atoms with Gasteiger partial charge in [0.2, 0.25) is 0 Å². The van der Waals surface area contributed by atoms with E-state index >= 15 is 0 Å². The molecule has 0 aromatic rings. The summed E-state index contributed by atoms with van der Waals surface area (Å²) in [6.07, 6.45) is 8.36. The zero-order valence-electron chi connectivity index (χ0n) is 18.4. The van der Waals surface area contributed by atoms with E-state index in [1.165, 1.54) is 5.57 Å². The molecule has 0 aromatic heterocycles. The number of esters is 2. The number of allylic oxidation sites excluding steroid dienone is 3. The molecule has 0 radical (unpaired) electrons. The highest BCUT2D eigenvalue weighted by molar-refractivity contribution is 5.76. The van der Waals surface area contributed by atoms with Crippen LogP contribution in [0.1, 0.15) is 66.7 Å². The minimum absolute atomic E-state index is 0.0784. The molecule has 0 bridgehead atoms. The lowest BCUT2D eigenvalue weighted by molar-refractivity contribution is -0.166. The molecule has 0 unspecified atom stereocenters. The van der Waals surface area contributed by atoms with E-state index in [0.717, 1.165) is 12.8 Å². The van der Waals surface area contributed by atoms with Gasteiger partial charge in [-0.25, -0.2) is 0 Å². The number of aliphatic hydroxyl groups excluding tert-OH is 1. The maximum Gasteiger partial charge on any atom is 0.311 e. The van der Waals surface area contributed by atoms with Gasteiger partial charge in [-0.05, 0) is 56.4 Å². The van der Waals surface area contributed by atoms with Gasteiger partial charge in [0.25, 0.3) is 0 Å². The van der Waals surface area contributed by atoms with Gasteiger partial charge < -0.3 is 14.6 Å². The number of hydrogen-bond acceptors (Lipinski definition) is 5. The fourth-order valence-corrected chi connectivity index (χ4v) is 4.89. The maximum absolute atomic E-state index is 12.8. The Balaban J connectivity index is 1.83. The maximum atomic E-state index is 12.8. The number of ether oxygens (including phenoxy) is 2. The van der Waals surface area contributed by atoms with Crippen molar-refractivity contribution in [3.05, 3.63) is 23.8 Å². The summed E-state index contributed by atoms with van der Waals surface area (Å²) in [6.45, 7) is 10.2. The molecule has 1 aliphatic heterocycles. The average molecular weight is 405 g/mol. The molecule has 2 aliphatic carbocycles. The number of rotatable bonds is 5. The van der Waals surface area contributed by atoms with Crippen LogP contribution in [0, 0.1) is 29.1 Å². The second kappa shape index (κ2) is 8.63. The Morgan fingerprint density at radius 3 is 2.69 bits per heavy atom. The molecule has 0 saturated carbocycles. The molecule has 5 nitrogen and oxygen atoms in total. The Morgan fingerprint density at radius 2 is 2.03 bits per heavy atom. The number of hydrogen-bond donors (Lipinski definition) is 1. The summed E-state index contributed by atoms with van der Waals surface area (Å²) in [5.41, 5.74) is 0.723. The van der Waals surface area contributed by atoms with Gasteiger partial charge in [-0.3, -0.25) is 9.59 Å². The molecule has 162 valence electrons. The Kier molecular flexibility index (Phi) is 6.57. The topological polar surface area (TPSA) is 72.8 Å². The molecule has 7 atom stereocenters. The summed E-state index contributed by atoms with van der Waals surface area (Å²) in [4.78, 5) is 24.7. The highest BCUT2D eigenvalue weighted by atomic mass is 16.6. The van der Waals surface area contributed by atoms with Crippen LogP contribution in [0.3, 0.4) is 0 Å². The lowest BCUT2D eigenvalue weighted by atomic mass is 9.65. The first kappa shape index (κ1) is 22.1. The van der Waals surface area contributed by atoms with Crippen molar-refractivity contribution < 1.29 is 24.2 Å². The lowest BCUT2D eigenvalue weighted by Gasteiger charge is -2.44. The van der Waals surface area contributed by atoms with Crippen molar-refractivity contribution >= 4 is 11.9 Å². The summed E-state index contributed by atoms with van der Waals surface area (Å²) < 4.78 is 11.7. The van der Waals surface area contributed by atoms with Gasteiger partial charge in [0.05, 0.1) is 17.9 Å². The van der Waals surface area contributed by atoms with E-state index in [4.69, 9.17) is 9.47 Å². The monoisotopic (exact) mass is 404 g/mol. The molecule has 1 fully saturated rings. The van der Waals surface area contributed by atoms with E-state index in [1.54, 1.807) is 0 Å². The smallest absolute Gasteiger partial charge is 0.311 e. The van der Waals surface area contributed by atoms with Gasteiger partial charge in [-0.2, -0.15) is 0 Å². The van der Waals surface area contributed by atoms with Crippen LogP contribution in [-0.4, -0.2) is 35.4 Å². The first-order chi connectivity index (χ1) is 13.6. The van der Waals surface area contributed by atoms with Gasteiger partial charge >= 0.3 is 11.9 Å². The van der Waals surface area contributed by atoms with Crippen LogP contribution in [-0.2, 0) is 19.1 Å². The number of carbonyl (C=O) groups is 2. The number of carbonyl (C=O) groups excluding carboxylic acids is 2. The molecule has 1 heterocycles. The van der Waals surface area contributed by atoms with Crippen molar-refractivity contribution in [2.75, 3.05) is 0 Å². The van der Waals surface area contributed by atoms with E-state index < -0.39 is 11.5 Å². The fourth-order valence-electron chi connectivity index (χ4n) is 4.89. The van der Waals surface area contributed by atoms with Crippen LogP contribution in [0.4, 0.5) is 0 Å². The van der Waals surface area contributed by atoms with Crippen molar-refractivity contribution in [3.63, 3.8) is 0 Å². The zero-order chi connectivity index (χ0) is 21.3. The highest BCUT2D eigenvalue weighted by Crippen LogP contribution is 2.46. The highest BCUT2D eigenvalue weighted by Gasteiger charge is 2.44. The SMILES string of the molecule is CCC(C)(C)C(=O)O[C@H]1C[C@@H](C)C=C2C=C[C@H](C)[C@H](C[C@@H]3C[C@@H](O)CC(=O)O3)[C@H]21. The van der Waals surface area contributed by atoms with E-state index in [1.807, 2.05) is 20.8 Å². The minimum Gasteiger partial charge on any atom is -0.462 e. The molecule has 1 N–H and O–H groups in total. The third-order valence-electron chi connectivity index (χ3n) is 7.06. The second-order valence-corrected chi connectivity index (χ2v) is 9.91. The first-order valence-electron chi connectivity index (χ1n) is 11.1. The number of aliphatic hydroxyl groups is 1. The van der Waals surface area contributed by atoms with E-state index in [0.29, 0.717) is 18.8 Å². The van der Waals surface area contributed by atoms with Crippen LogP contribution in [0.15, 0.2) is 23.8 Å². The largest absolute Gasteiger partial charge is 0.462 e. The van der Waals surface area contributed by atoms with Gasteiger partial charge in [0.1, 0.15) is 12.2 Å². The van der Waals surface area contributed by atoms with Gasteiger partial charge in [-0.1, -0.05) is 39.0 Å². The fraction of sp³-hybridized carbons (Fsp3) is 0.750. The summed E-state index contributed by atoms with van der Waals surface area (Å²) in [6, 6.07) is 0. The van der Waals surface area contributed by atoms with Crippen molar-refractivity contribution in [2.45, 2.75) is 85.0 Å². The van der Waals surface area contributed by atoms with Gasteiger partial charge in [0.15, 0.2) is 0 Å². The molecule has 3 rings (SSSR count). The van der Waals surface area contributed by atoms with Crippen molar-refractivity contribution in [3.8, 4) is 0 Å². The lowest BCUT2D eigenvalue weighted by Crippen LogP contribution is -2.44. The summed E-state index contributed by atoms with van der Waals surface area (Å²) in [5.74, 6) is 0.456. The predicted octanol–water partition coefficient (Wildman–Crippen LogP) is 4.20. The Morgan fingerprint density at radius 1 is 1.31 bits per heavy atom. The standard InChI is InChI=1S/C24H36O5/c1-6-24(4,5)23(27)29-20-10-14(2)9-16-8-7-15(3)19(22(16)20)13-18-11-17(25)12-21(26)28-18/h7-9,14-15,17-20,22,25H,6,10-13H2,1-5H3/t14-,15-,17+,18-,19-,20-,22-/m0/s1. The summed E-state index contributed by atoms with van der Waals surface area (Å²) >= 11 is 0. The molecule has 0 aromatic carbocycles. The average Bonchev–Trinajstić information content (AvgIpc) is 2.63. The van der Waals surface area contributed by atoms with E-state index in [9.17, 15) is 14.7 Å². The molecule has 29 heavy (non-hydrogen) atoms. The normalized spacial score (nSPS) is 37.4. The van der Waals surface area contributed by atoms with Crippen LogP contribution >= 0.6 is 0 Å². The third-order valence-corrected chi connectivity index (χ3v) is 7.06. The van der Waals surface area contributed by atoms with Crippen LogP contribution < -0.4 is 0 Å². The van der Waals surface area contributed by atoms with Gasteiger partial charge in [0, 0.05) is 12.3 Å². The quantitative estimate of drug-likeness (QED) is 0.696. The summed E-state index contributed by atoms with van der Waals surface area (Å²) in [5, 5.41) is 10.0. The van der Waals surface area contributed by atoms with E-state index in [-0.39, 0.29) is 48.3 Å². The molecule has 0 spiro atoms. The molecular formula is C24H36O5. The Labute approximate surface area is 174 Å². The third kappa shape index (κ3) is 4.93. The summed E-state index contributed by atoms with van der Waals surface area (Å²) in [7, 11) is 0. The second-order valence-electron chi connectivity index (χ2n) is 9.91. The minimum atomic E-state index is -0.629. The number of cyclic esters (lactones) is 1. The van der Waals surface area contributed by atoms with Crippen molar-refractivity contribution in [1.29, 1.82) is 0 Å². The molecule has 1 saturated heterocycles. The van der Waals surface area contributed by atoms with Crippen molar-refractivity contribution in [1.82, 2.24) is 0 Å². The van der Waals surface area contributed by atoms with Gasteiger partial charge in [-0.15, -0.1) is 0 Å². The van der Waals surface area contributed by atoms with Crippen LogP contribution in [0.5, 0.6) is 0 Å².